The second kappa shape index (κ2) is 9.94. The number of hydrogen-bond acceptors (Lipinski definition) is 4. The van der Waals surface area contributed by atoms with Crippen LogP contribution in [0.4, 0.5) is 5.69 Å². The number of halogens is 1. The minimum Gasteiger partial charge on any atom is -0.497 e. The number of hydrogen-bond donors (Lipinski definition) is 1. The first-order valence-electron chi connectivity index (χ1n) is 9.72. The smallest absolute Gasteiger partial charge is 0.252 e. The zero-order valence-corrected chi connectivity index (χ0v) is 18.2. The second-order valence-corrected chi connectivity index (χ2v) is 7.98. The van der Waals surface area contributed by atoms with E-state index in [1.54, 1.807) is 13.2 Å². The number of benzene rings is 2. The lowest BCUT2D eigenvalue weighted by Crippen LogP contribution is -2.47. The van der Waals surface area contributed by atoms with E-state index in [2.05, 4.69) is 62.2 Å². The quantitative estimate of drug-likeness (QED) is 0.659. The number of rotatable bonds is 7. The summed E-state index contributed by atoms with van der Waals surface area (Å²) in [7, 11) is 1.60. The molecular weight excluding hydrogens is 418 g/mol. The number of anilines is 1. The summed E-state index contributed by atoms with van der Waals surface area (Å²) in [6.45, 7) is 8.02. The van der Waals surface area contributed by atoms with Gasteiger partial charge in [-0.25, -0.2) is 0 Å². The number of methoxy groups -OCH3 is 1. The summed E-state index contributed by atoms with van der Waals surface area (Å²) in [5.41, 5.74) is 3.22. The zero-order valence-electron chi connectivity index (χ0n) is 16.6. The number of nitrogens with one attached hydrogen (secondary N) is 1. The molecule has 0 atom stereocenters. The van der Waals surface area contributed by atoms with Gasteiger partial charge < -0.3 is 15.0 Å². The van der Waals surface area contributed by atoms with Gasteiger partial charge in [0.1, 0.15) is 5.75 Å². The van der Waals surface area contributed by atoms with Crippen molar-refractivity contribution in [1.29, 1.82) is 0 Å². The van der Waals surface area contributed by atoms with Crippen molar-refractivity contribution in [1.82, 2.24) is 10.2 Å². The van der Waals surface area contributed by atoms with Gasteiger partial charge in [-0.3, -0.25) is 9.69 Å². The molecule has 1 fully saturated rings. The summed E-state index contributed by atoms with van der Waals surface area (Å²) in [6, 6.07) is 14.1. The number of amides is 1. The molecule has 1 amide bonds. The van der Waals surface area contributed by atoms with E-state index in [-0.39, 0.29) is 5.91 Å². The van der Waals surface area contributed by atoms with Crippen molar-refractivity contribution in [2.24, 2.45) is 0 Å². The van der Waals surface area contributed by atoms with Gasteiger partial charge in [0.15, 0.2) is 0 Å². The van der Waals surface area contributed by atoms with Crippen LogP contribution >= 0.6 is 15.9 Å². The summed E-state index contributed by atoms with van der Waals surface area (Å²) >= 11 is 3.43. The van der Waals surface area contributed by atoms with Gasteiger partial charge in [-0.2, -0.15) is 0 Å². The Morgan fingerprint density at radius 1 is 1.14 bits per heavy atom. The molecule has 3 rings (SSSR count). The fraction of sp³-hybridized carbons (Fsp3) is 0.409. The number of carbonyl (C=O) groups is 1. The van der Waals surface area contributed by atoms with E-state index >= 15 is 0 Å². The first-order valence-corrected chi connectivity index (χ1v) is 10.5. The van der Waals surface area contributed by atoms with E-state index in [4.69, 9.17) is 4.74 Å². The van der Waals surface area contributed by atoms with E-state index in [9.17, 15) is 4.79 Å². The van der Waals surface area contributed by atoms with Crippen molar-refractivity contribution in [3.8, 4) is 5.75 Å². The number of piperazine rings is 1. The molecule has 1 saturated heterocycles. The van der Waals surface area contributed by atoms with Crippen LogP contribution in [0, 0.1) is 6.92 Å². The molecule has 0 unspecified atom stereocenters. The van der Waals surface area contributed by atoms with Crippen LogP contribution in [-0.4, -0.2) is 57.2 Å². The topological polar surface area (TPSA) is 44.8 Å². The zero-order chi connectivity index (χ0) is 19.9. The molecule has 0 bridgehead atoms. The normalized spacial score (nSPS) is 14.8. The highest BCUT2D eigenvalue weighted by atomic mass is 79.9. The largest absolute Gasteiger partial charge is 0.497 e. The Labute approximate surface area is 175 Å². The van der Waals surface area contributed by atoms with Gasteiger partial charge in [0, 0.05) is 42.9 Å². The monoisotopic (exact) mass is 445 g/mol. The van der Waals surface area contributed by atoms with Gasteiger partial charge >= 0.3 is 0 Å². The number of nitrogens with zero attached hydrogens (tertiary/aromatic N) is 2. The number of aryl methyl sites for hydroxylation is 1. The Balaban J connectivity index is 1.39. The fourth-order valence-electron chi connectivity index (χ4n) is 3.46. The highest BCUT2D eigenvalue weighted by Gasteiger charge is 2.17. The molecule has 2 aromatic carbocycles. The van der Waals surface area contributed by atoms with Crippen LogP contribution in [0.1, 0.15) is 22.3 Å². The van der Waals surface area contributed by atoms with Crippen molar-refractivity contribution in [2.45, 2.75) is 13.3 Å². The van der Waals surface area contributed by atoms with E-state index in [1.165, 1.54) is 11.3 Å². The first kappa shape index (κ1) is 20.7. The number of ether oxygens (including phenoxy) is 1. The highest BCUT2D eigenvalue weighted by Crippen LogP contribution is 2.22. The van der Waals surface area contributed by atoms with Crippen LogP contribution < -0.4 is 15.0 Å². The Morgan fingerprint density at radius 3 is 2.64 bits per heavy atom. The minimum absolute atomic E-state index is 0.0740. The predicted molar refractivity (Wildman–Crippen MR) is 117 cm³/mol. The Morgan fingerprint density at radius 2 is 1.93 bits per heavy atom. The Hall–Kier alpha value is -2.05. The van der Waals surface area contributed by atoms with E-state index < -0.39 is 0 Å². The van der Waals surface area contributed by atoms with Crippen molar-refractivity contribution in [3.05, 3.63) is 58.1 Å². The van der Waals surface area contributed by atoms with Gasteiger partial charge in [-0.05, 0) is 71.7 Å². The van der Waals surface area contributed by atoms with Crippen LogP contribution in [-0.2, 0) is 0 Å². The van der Waals surface area contributed by atoms with Gasteiger partial charge in [0.25, 0.3) is 5.91 Å². The van der Waals surface area contributed by atoms with Gasteiger partial charge in [-0.1, -0.05) is 12.1 Å². The average molecular weight is 446 g/mol. The van der Waals surface area contributed by atoms with Gasteiger partial charge in [0.2, 0.25) is 0 Å². The lowest BCUT2D eigenvalue weighted by atomic mass is 10.2. The molecule has 1 N–H and O–H groups in total. The molecule has 0 aliphatic carbocycles. The summed E-state index contributed by atoms with van der Waals surface area (Å²) < 4.78 is 5.98. The maximum atomic E-state index is 12.4. The van der Waals surface area contributed by atoms with E-state index in [0.29, 0.717) is 17.9 Å². The van der Waals surface area contributed by atoms with Crippen LogP contribution in [0.5, 0.6) is 5.75 Å². The molecule has 1 aliphatic rings. The van der Waals surface area contributed by atoms with Crippen LogP contribution in [0.2, 0.25) is 0 Å². The predicted octanol–water partition coefficient (Wildman–Crippen LogP) is 3.71. The summed E-state index contributed by atoms with van der Waals surface area (Å²) in [4.78, 5) is 17.3. The van der Waals surface area contributed by atoms with Crippen LogP contribution in [0.15, 0.2) is 46.9 Å². The molecule has 0 radical (unpaired) electrons. The molecule has 150 valence electrons. The maximum absolute atomic E-state index is 12.4. The summed E-state index contributed by atoms with van der Waals surface area (Å²) in [6.07, 6.45) is 0.942. The van der Waals surface area contributed by atoms with Crippen molar-refractivity contribution in [3.63, 3.8) is 0 Å². The third-order valence-electron chi connectivity index (χ3n) is 5.09. The average Bonchev–Trinajstić information content (AvgIpc) is 2.72. The van der Waals surface area contributed by atoms with Crippen molar-refractivity contribution in [2.75, 3.05) is 51.3 Å². The van der Waals surface area contributed by atoms with Crippen LogP contribution in [0.25, 0.3) is 0 Å². The third-order valence-corrected chi connectivity index (χ3v) is 5.79. The minimum atomic E-state index is -0.0740. The third kappa shape index (κ3) is 5.49. The second-order valence-electron chi connectivity index (χ2n) is 7.12. The lowest BCUT2D eigenvalue weighted by molar-refractivity contribution is 0.0950. The molecule has 1 aliphatic heterocycles. The fourth-order valence-corrected chi connectivity index (χ4v) is 3.89. The van der Waals surface area contributed by atoms with Crippen molar-refractivity contribution >= 4 is 27.5 Å². The molecule has 6 heteroatoms. The van der Waals surface area contributed by atoms with Crippen LogP contribution in [0.3, 0.4) is 0 Å². The standard InChI is InChI=1S/C22H28BrN3O2/c1-17-5-3-6-18(15-17)26-13-11-25(12-14-26)10-4-9-24-22(27)20-16-19(28-2)7-8-21(20)23/h3,5-8,15-16H,4,9-14H2,1-2H3,(H,24,27). The molecule has 0 aromatic heterocycles. The van der Waals surface area contributed by atoms with Crippen molar-refractivity contribution < 1.29 is 9.53 Å². The number of carbonyl (C=O) groups excluding carboxylic acids is 1. The van der Waals surface area contributed by atoms with Gasteiger partial charge in [-0.15, -0.1) is 0 Å². The maximum Gasteiger partial charge on any atom is 0.252 e. The molecular formula is C22H28BrN3O2. The van der Waals surface area contributed by atoms with E-state index in [1.807, 2.05) is 12.1 Å². The Bertz CT molecular complexity index is 804. The molecule has 28 heavy (non-hydrogen) atoms. The highest BCUT2D eigenvalue weighted by molar-refractivity contribution is 9.10. The molecule has 0 saturated carbocycles. The van der Waals surface area contributed by atoms with Gasteiger partial charge in [0.05, 0.1) is 12.7 Å². The molecule has 2 aromatic rings. The lowest BCUT2D eigenvalue weighted by Gasteiger charge is -2.36. The molecule has 0 spiro atoms. The SMILES string of the molecule is COc1ccc(Br)c(C(=O)NCCCN2CCN(c3cccc(C)c3)CC2)c1. The van der Waals surface area contributed by atoms with E-state index in [0.717, 1.165) is 43.6 Å². The molecule has 1 heterocycles. The molecule has 5 nitrogen and oxygen atoms in total. The summed E-state index contributed by atoms with van der Waals surface area (Å²) in [5, 5.41) is 3.01. The summed E-state index contributed by atoms with van der Waals surface area (Å²) in [5.74, 6) is 0.606. The first-order chi connectivity index (χ1) is 13.6. The Kier molecular flexibility index (Phi) is 7.34.